The molecule has 5 N–H and O–H groups in total. The summed E-state index contributed by atoms with van der Waals surface area (Å²) in [4.78, 5) is 105. The van der Waals surface area contributed by atoms with Crippen LogP contribution in [0, 0.1) is 11.8 Å². The van der Waals surface area contributed by atoms with E-state index in [-0.39, 0.29) is 61.3 Å². The summed E-state index contributed by atoms with van der Waals surface area (Å²) in [5.74, 6) is 1.55. The summed E-state index contributed by atoms with van der Waals surface area (Å²) in [5.41, 5.74) is 2.40. The van der Waals surface area contributed by atoms with E-state index in [2.05, 4.69) is 48.4 Å². The van der Waals surface area contributed by atoms with Crippen LogP contribution in [-0.4, -0.2) is 134 Å². The lowest BCUT2D eigenvalue weighted by Gasteiger charge is -2.36. The third-order valence-corrected chi connectivity index (χ3v) is 15.3. The molecule has 2 aliphatic heterocycles. The van der Waals surface area contributed by atoms with E-state index in [0.717, 1.165) is 22.8 Å². The summed E-state index contributed by atoms with van der Waals surface area (Å²) < 4.78 is 63.2. The fourth-order valence-electron chi connectivity index (χ4n) is 9.13. The maximum absolute atomic E-state index is 14.4. The summed E-state index contributed by atoms with van der Waals surface area (Å²) in [5, 5.41) is 13.0. The SMILES string of the molecule is CC[C@@]1(OCNC(=O)CNC(=O)[C@H](Cc2ccccc2)NC(=O)CNC(=O)CNC(=O)CCCC#Cc2cnc(S(C)(=O)=O)nc2)C(=O)OCc2c1cc1n(c2=O)Cc2c-1nc1ccccc1c2CCN(C(C)C)S(C)(=O)=O. The summed E-state index contributed by atoms with van der Waals surface area (Å²) in [6, 6.07) is 16.4. The molecule has 0 saturated heterocycles. The molecule has 2 atom stereocenters. The molecule has 7 rings (SSSR count). The number of carbonyl (C=O) groups excluding carboxylic acids is 6. The number of pyridine rings is 2. The number of cyclic esters (lactones) is 1. The minimum atomic E-state index is -3.54. The normalized spacial score (nSPS) is 15.0. The number of fused-ring (bicyclic) bond motifs is 5. The number of rotatable bonds is 23. The fourth-order valence-corrected chi connectivity index (χ4v) is 10.8. The number of hydrogen-bond donors (Lipinski definition) is 5. The molecule has 0 bridgehead atoms. The van der Waals surface area contributed by atoms with E-state index in [1.807, 2.05) is 24.3 Å². The molecule has 0 radical (unpaired) electrons. The Morgan fingerprint density at radius 1 is 0.859 bits per heavy atom. The zero-order chi connectivity index (χ0) is 56.4. The highest BCUT2D eigenvalue weighted by Gasteiger charge is 2.48. The molecular weight excluding hydrogens is 1050 g/mol. The first-order chi connectivity index (χ1) is 37.1. The molecule has 2 aromatic carbocycles. The van der Waals surface area contributed by atoms with Gasteiger partial charge in [-0.2, -0.15) is 4.31 Å². The van der Waals surface area contributed by atoms with E-state index in [0.29, 0.717) is 47.3 Å². The third kappa shape index (κ3) is 14.0. The van der Waals surface area contributed by atoms with E-state index in [1.165, 1.54) is 23.0 Å². The van der Waals surface area contributed by atoms with Crippen molar-refractivity contribution in [1.82, 2.24) is 50.4 Å². The Morgan fingerprint density at radius 3 is 2.22 bits per heavy atom. The van der Waals surface area contributed by atoms with Crippen molar-refractivity contribution in [1.29, 1.82) is 0 Å². The molecule has 0 spiro atoms. The number of aromatic nitrogens is 4. The zero-order valence-electron chi connectivity index (χ0n) is 43.6. The summed E-state index contributed by atoms with van der Waals surface area (Å²) in [7, 11) is -7.08. The van der Waals surface area contributed by atoms with Crippen LogP contribution in [0.3, 0.4) is 0 Å². The van der Waals surface area contributed by atoms with Gasteiger partial charge in [-0.15, -0.1) is 0 Å². The van der Waals surface area contributed by atoms with Gasteiger partial charge in [-0.25, -0.2) is 36.6 Å². The molecule has 5 heterocycles. The van der Waals surface area contributed by atoms with Gasteiger partial charge in [-0.1, -0.05) is 67.3 Å². The van der Waals surface area contributed by atoms with E-state index in [4.69, 9.17) is 14.5 Å². The van der Waals surface area contributed by atoms with Gasteiger partial charge < -0.3 is 40.6 Å². The lowest BCUT2D eigenvalue weighted by molar-refractivity contribution is -0.182. The predicted molar refractivity (Wildman–Crippen MR) is 284 cm³/mol. The third-order valence-electron chi connectivity index (χ3n) is 13.0. The quantitative estimate of drug-likeness (QED) is 0.0196. The van der Waals surface area contributed by atoms with E-state index in [9.17, 15) is 50.4 Å². The van der Waals surface area contributed by atoms with Crippen LogP contribution in [0.5, 0.6) is 0 Å². The van der Waals surface area contributed by atoms with Crippen LogP contribution < -0.4 is 32.1 Å². The Labute approximate surface area is 450 Å². The van der Waals surface area contributed by atoms with Gasteiger partial charge in [-0.3, -0.25) is 28.8 Å². The van der Waals surface area contributed by atoms with Crippen molar-refractivity contribution < 1.29 is 55.1 Å². The van der Waals surface area contributed by atoms with Crippen LogP contribution in [0.4, 0.5) is 0 Å². The number of nitrogens with one attached hydrogen (secondary N) is 5. The number of ether oxygens (including phenoxy) is 2. The maximum Gasteiger partial charge on any atom is 0.343 e. The van der Waals surface area contributed by atoms with Crippen molar-refractivity contribution in [3.8, 4) is 23.2 Å². The van der Waals surface area contributed by atoms with Crippen LogP contribution in [-0.2, 0) is 89.7 Å². The van der Waals surface area contributed by atoms with Gasteiger partial charge >= 0.3 is 5.97 Å². The minimum Gasteiger partial charge on any atom is -0.458 e. The molecule has 0 fully saturated rings. The smallest absolute Gasteiger partial charge is 0.343 e. The van der Waals surface area contributed by atoms with Crippen LogP contribution in [0.15, 0.2) is 83.0 Å². The maximum atomic E-state index is 14.4. The molecule has 23 nitrogen and oxygen atoms in total. The number of sulfone groups is 1. The minimum absolute atomic E-state index is 0.00551. The van der Waals surface area contributed by atoms with Crippen molar-refractivity contribution in [2.24, 2.45) is 0 Å². The summed E-state index contributed by atoms with van der Waals surface area (Å²) in [6.07, 6.45) is 5.80. The highest BCUT2D eigenvalue weighted by Crippen LogP contribution is 2.42. The van der Waals surface area contributed by atoms with Gasteiger partial charge in [0.15, 0.2) is 5.60 Å². The van der Waals surface area contributed by atoms with Crippen molar-refractivity contribution in [3.05, 3.63) is 117 Å². The number of sulfonamides is 1. The highest BCUT2D eigenvalue weighted by atomic mass is 32.2. The molecule has 5 aromatic rings. The molecule has 0 aliphatic carbocycles. The van der Waals surface area contributed by atoms with E-state index >= 15 is 0 Å². The second-order valence-corrected chi connectivity index (χ2v) is 22.7. The molecule has 25 heteroatoms. The van der Waals surface area contributed by atoms with Crippen molar-refractivity contribution in [2.75, 3.05) is 45.4 Å². The standard InChI is InChI=1S/C53H60N10O13S2/c1-6-53(40-24-43-48-38(30-62(43)50(69)39(40)31-75-51(53)70)36(37-18-13-14-19-41(37)61-48)21-22-63(33(2)3)78(5,73)74)76-32-59-46(66)28-56-49(68)42(23-34-15-9-7-10-16-34)60-47(67)29-55-45(65)27-54-44(64)20-12-8-11-17-35-25-57-52(58-26-35)77(4,71)72/h7,9-10,13-16,18-19,24-26,33,42H,6,8,12,20-23,27-32H2,1-5H3,(H,54,64)(H,55,65)(H,56,68)(H,59,66)(H,60,67)/t42-,53-/m0/s1. The lowest BCUT2D eigenvalue weighted by atomic mass is 9.85. The number of amides is 5. The van der Waals surface area contributed by atoms with Crippen molar-refractivity contribution in [3.63, 3.8) is 0 Å². The lowest BCUT2D eigenvalue weighted by Crippen LogP contribution is -2.52. The first kappa shape index (κ1) is 57.8. The molecule has 5 amide bonds. The van der Waals surface area contributed by atoms with Gasteiger partial charge in [0.2, 0.25) is 54.6 Å². The molecule has 0 saturated carbocycles. The van der Waals surface area contributed by atoms with Gasteiger partial charge in [-0.05, 0) is 56.4 Å². The Morgan fingerprint density at radius 2 is 1.53 bits per heavy atom. The van der Waals surface area contributed by atoms with Gasteiger partial charge in [0.05, 0.1) is 60.5 Å². The number of hydrogen-bond acceptors (Lipinski definition) is 16. The summed E-state index contributed by atoms with van der Waals surface area (Å²) in [6.45, 7) is 3.20. The molecule has 412 valence electrons. The van der Waals surface area contributed by atoms with Crippen LogP contribution >= 0.6 is 0 Å². The largest absolute Gasteiger partial charge is 0.458 e. The van der Waals surface area contributed by atoms with Crippen LogP contribution in [0.2, 0.25) is 0 Å². The Bertz CT molecular complexity index is 3490. The fraction of sp³-hybridized carbons (Fsp3) is 0.396. The monoisotopic (exact) mass is 1110 g/mol. The van der Waals surface area contributed by atoms with Crippen LogP contribution in [0.25, 0.3) is 22.3 Å². The number of nitrogens with zero attached hydrogens (tertiary/aromatic N) is 5. The van der Waals surface area contributed by atoms with Crippen molar-refractivity contribution >= 4 is 66.3 Å². The number of unbranched alkanes of at least 4 members (excludes halogenated alkanes) is 1. The average molecular weight is 1110 g/mol. The average Bonchev–Trinajstić information content (AvgIpc) is 4.00. The Balaban J connectivity index is 0.934. The number of para-hydroxylation sites is 1. The number of carbonyl (C=O) groups is 6. The molecule has 2 aliphatic rings. The van der Waals surface area contributed by atoms with Gasteiger partial charge in [0.1, 0.15) is 19.4 Å². The molecular formula is C53H60N10O13S2. The second-order valence-electron chi connectivity index (χ2n) is 18.9. The first-order valence-electron chi connectivity index (χ1n) is 25.0. The molecule has 0 unspecified atom stereocenters. The Kier molecular flexibility index (Phi) is 18.5. The second kappa shape index (κ2) is 25.0. The first-order valence-corrected chi connectivity index (χ1v) is 28.7. The van der Waals surface area contributed by atoms with Crippen molar-refractivity contribution in [2.45, 2.75) is 95.3 Å². The number of benzene rings is 2. The topological polar surface area (TPSA) is 313 Å². The predicted octanol–water partition coefficient (Wildman–Crippen LogP) is 0.882. The number of esters is 1. The van der Waals surface area contributed by atoms with E-state index in [1.54, 1.807) is 61.7 Å². The Hall–Kier alpha value is -7.92. The molecule has 78 heavy (non-hydrogen) atoms. The van der Waals surface area contributed by atoms with E-state index < -0.39 is 98.9 Å². The van der Waals surface area contributed by atoms with Gasteiger partial charge in [0, 0.05) is 67.0 Å². The summed E-state index contributed by atoms with van der Waals surface area (Å²) >= 11 is 0. The highest BCUT2D eigenvalue weighted by molar-refractivity contribution is 7.90. The van der Waals surface area contributed by atoms with Gasteiger partial charge in [0.25, 0.3) is 5.56 Å². The van der Waals surface area contributed by atoms with Crippen LogP contribution in [0.1, 0.15) is 79.8 Å². The zero-order valence-corrected chi connectivity index (χ0v) is 45.3. The molecule has 3 aromatic heterocycles.